The van der Waals surface area contributed by atoms with Crippen LogP contribution in [0.25, 0.3) is 0 Å². The molecule has 0 radical (unpaired) electrons. The zero-order valence-electron chi connectivity index (χ0n) is 10.8. The number of carbonyl (C=O) groups is 1. The van der Waals surface area contributed by atoms with Gasteiger partial charge in [0.2, 0.25) is 0 Å². The lowest BCUT2D eigenvalue weighted by atomic mass is 9.76. The summed E-state index contributed by atoms with van der Waals surface area (Å²) in [4.78, 5) is 12.1. The smallest absolute Gasteiger partial charge is 0.313 e. The predicted octanol–water partition coefficient (Wildman–Crippen LogP) is 2.36. The molecule has 1 N–H and O–H groups in total. The molecule has 1 saturated heterocycles. The molecule has 1 atom stereocenters. The topological polar surface area (TPSA) is 38.3 Å². The summed E-state index contributed by atoms with van der Waals surface area (Å²) in [5, 5.41) is 3.28. The Balaban J connectivity index is 2.43. The molecule has 0 saturated carbocycles. The van der Waals surface area contributed by atoms with E-state index in [9.17, 15) is 4.79 Å². The molecule has 1 heterocycles. The van der Waals surface area contributed by atoms with Gasteiger partial charge in [-0.1, -0.05) is 33.6 Å². The Morgan fingerprint density at radius 2 is 2.19 bits per heavy atom. The summed E-state index contributed by atoms with van der Waals surface area (Å²) >= 11 is 0. The molecule has 1 aliphatic rings. The van der Waals surface area contributed by atoms with Crippen LogP contribution in [0.1, 0.15) is 46.5 Å². The van der Waals surface area contributed by atoms with E-state index in [0.29, 0.717) is 12.5 Å². The minimum absolute atomic E-state index is 0.00334. The number of unbranched alkanes of at least 4 members (excludes halogenated alkanes) is 2. The van der Waals surface area contributed by atoms with Crippen molar-refractivity contribution < 1.29 is 9.53 Å². The zero-order valence-corrected chi connectivity index (χ0v) is 10.8. The van der Waals surface area contributed by atoms with Gasteiger partial charge in [0.15, 0.2) is 0 Å². The molecule has 3 nitrogen and oxygen atoms in total. The molecule has 0 aromatic carbocycles. The number of hydrogen-bond acceptors (Lipinski definition) is 3. The molecule has 0 aromatic heterocycles. The van der Waals surface area contributed by atoms with Gasteiger partial charge in [-0.25, -0.2) is 0 Å². The first-order chi connectivity index (χ1) is 7.63. The normalized spacial score (nSPS) is 25.0. The van der Waals surface area contributed by atoms with Gasteiger partial charge in [-0.3, -0.25) is 4.79 Å². The molecule has 0 amide bonds. The molecule has 1 aliphatic heterocycles. The maximum atomic E-state index is 12.1. The Bertz CT molecular complexity index is 220. The van der Waals surface area contributed by atoms with E-state index in [0.717, 1.165) is 38.8 Å². The van der Waals surface area contributed by atoms with Gasteiger partial charge in [0, 0.05) is 6.54 Å². The van der Waals surface area contributed by atoms with Gasteiger partial charge in [-0.15, -0.1) is 0 Å². The number of nitrogens with one attached hydrogen (secondary N) is 1. The summed E-state index contributed by atoms with van der Waals surface area (Å²) in [7, 11) is 0. The Labute approximate surface area is 98.9 Å². The van der Waals surface area contributed by atoms with Crippen LogP contribution in [0.15, 0.2) is 0 Å². The highest BCUT2D eigenvalue weighted by atomic mass is 16.5. The number of hydrogen-bond donors (Lipinski definition) is 1. The molecule has 1 unspecified atom stereocenters. The second kappa shape index (κ2) is 6.24. The largest absolute Gasteiger partial charge is 0.465 e. The third-order valence-electron chi connectivity index (χ3n) is 3.68. The Hall–Kier alpha value is -0.570. The van der Waals surface area contributed by atoms with Crippen molar-refractivity contribution in [2.45, 2.75) is 46.5 Å². The van der Waals surface area contributed by atoms with E-state index in [-0.39, 0.29) is 11.4 Å². The molecular weight excluding hydrogens is 202 g/mol. The Kier molecular flexibility index (Phi) is 5.26. The third-order valence-corrected chi connectivity index (χ3v) is 3.68. The van der Waals surface area contributed by atoms with Crippen molar-refractivity contribution in [2.75, 3.05) is 19.7 Å². The minimum Gasteiger partial charge on any atom is -0.465 e. The van der Waals surface area contributed by atoms with Crippen molar-refractivity contribution in [2.24, 2.45) is 11.3 Å². The van der Waals surface area contributed by atoms with Gasteiger partial charge in [0.1, 0.15) is 0 Å². The Morgan fingerprint density at radius 1 is 1.44 bits per heavy atom. The summed E-state index contributed by atoms with van der Waals surface area (Å²) < 4.78 is 5.41. The molecule has 94 valence electrons. The summed E-state index contributed by atoms with van der Waals surface area (Å²) in [6, 6.07) is 0. The van der Waals surface area contributed by atoms with Crippen LogP contribution in [0.3, 0.4) is 0 Å². The lowest BCUT2D eigenvalue weighted by Crippen LogP contribution is -2.40. The average molecular weight is 227 g/mol. The van der Waals surface area contributed by atoms with Crippen LogP contribution in [-0.2, 0) is 9.53 Å². The maximum absolute atomic E-state index is 12.1. The summed E-state index contributed by atoms with van der Waals surface area (Å²) in [5.74, 6) is 0.352. The first kappa shape index (κ1) is 13.5. The molecule has 1 rings (SSSR count). The molecule has 0 aliphatic carbocycles. The van der Waals surface area contributed by atoms with E-state index >= 15 is 0 Å². The fourth-order valence-corrected chi connectivity index (χ4v) is 2.27. The molecule has 0 bridgehead atoms. The van der Waals surface area contributed by atoms with E-state index < -0.39 is 0 Å². The summed E-state index contributed by atoms with van der Waals surface area (Å²) in [6.45, 7) is 8.67. The van der Waals surface area contributed by atoms with E-state index in [1.165, 1.54) is 0 Å². The third kappa shape index (κ3) is 2.97. The molecular formula is C13H25NO2. The van der Waals surface area contributed by atoms with Gasteiger partial charge in [0.25, 0.3) is 0 Å². The van der Waals surface area contributed by atoms with Gasteiger partial charge >= 0.3 is 5.97 Å². The predicted molar refractivity (Wildman–Crippen MR) is 65.2 cm³/mol. The van der Waals surface area contributed by atoms with Crippen LogP contribution < -0.4 is 5.32 Å². The average Bonchev–Trinajstić information content (AvgIpc) is 2.74. The van der Waals surface area contributed by atoms with Crippen LogP contribution in [-0.4, -0.2) is 25.7 Å². The fraction of sp³-hybridized carbons (Fsp3) is 0.923. The van der Waals surface area contributed by atoms with Gasteiger partial charge < -0.3 is 10.1 Å². The van der Waals surface area contributed by atoms with E-state index in [2.05, 4.69) is 26.1 Å². The summed E-state index contributed by atoms with van der Waals surface area (Å²) in [6.07, 6.45) is 4.20. The number of rotatable bonds is 6. The van der Waals surface area contributed by atoms with Gasteiger partial charge in [-0.2, -0.15) is 0 Å². The van der Waals surface area contributed by atoms with Crippen molar-refractivity contribution >= 4 is 5.97 Å². The second-order valence-electron chi connectivity index (χ2n) is 5.08. The minimum atomic E-state index is -0.272. The first-order valence-corrected chi connectivity index (χ1v) is 6.51. The van der Waals surface area contributed by atoms with Crippen molar-refractivity contribution in [1.82, 2.24) is 5.32 Å². The first-order valence-electron chi connectivity index (χ1n) is 6.51. The van der Waals surface area contributed by atoms with E-state index in [4.69, 9.17) is 4.74 Å². The lowest BCUT2D eigenvalue weighted by Gasteiger charge is -2.29. The fourth-order valence-electron chi connectivity index (χ4n) is 2.27. The quantitative estimate of drug-likeness (QED) is 0.559. The van der Waals surface area contributed by atoms with Crippen molar-refractivity contribution in [3.8, 4) is 0 Å². The monoisotopic (exact) mass is 227 g/mol. The zero-order chi connectivity index (χ0) is 12.0. The molecule has 0 spiro atoms. The number of esters is 1. The van der Waals surface area contributed by atoms with Crippen molar-refractivity contribution in [1.29, 1.82) is 0 Å². The molecule has 3 heteroatoms. The van der Waals surface area contributed by atoms with Crippen LogP contribution in [0.5, 0.6) is 0 Å². The number of ether oxygens (including phenoxy) is 1. The van der Waals surface area contributed by atoms with Gasteiger partial charge in [-0.05, 0) is 25.3 Å². The lowest BCUT2D eigenvalue weighted by molar-refractivity contribution is -0.157. The highest BCUT2D eigenvalue weighted by molar-refractivity contribution is 5.78. The SMILES string of the molecule is CCCCCOC(=O)C1(C(C)C)CCNC1. The molecule has 0 aromatic rings. The van der Waals surface area contributed by atoms with Crippen LogP contribution in [0, 0.1) is 11.3 Å². The van der Waals surface area contributed by atoms with Crippen LogP contribution >= 0.6 is 0 Å². The van der Waals surface area contributed by atoms with E-state index in [1.54, 1.807) is 0 Å². The highest BCUT2D eigenvalue weighted by Gasteiger charge is 2.45. The Morgan fingerprint density at radius 3 is 2.69 bits per heavy atom. The highest BCUT2D eigenvalue weighted by Crippen LogP contribution is 2.35. The van der Waals surface area contributed by atoms with Crippen LogP contribution in [0.2, 0.25) is 0 Å². The standard InChI is InChI=1S/C13H25NO2/c1-4-5-6-9-16-12(15)13(11(2)3)7-8-14-10-13/h11,14H,4-10H2,1-3H3. The van der Waals surface area contributed by atoms with Crippen molar-refractivity contribution in [3.63, 3.8) is 0 Å². The second-order valence-corrected chi connectivity index (χ2v) is 5.08. The van der Waals surface area contributed by atoms with Gasteiger partial charge in [0.05, 0.1) is 12.0 Å². The van der Waals surface area contributed by atoms with Crippen LogP contribution in [0.4, 0.5) is 0 Å². The summed E-state index contributed by atoms with van der Waals surface area (Å²) in [5.41, 5.74) is -0.272. The maximum Gasteiger partial charge on any atom is 0.313 e. The number of carbonyl (C=O) groups excluding carboxylic acids is 1. The molecule has 1 fully saturated rings. The molecule has 16 heavy (non-hydrogen) atoms. The van der Waals surface area contributed by atoms with E-state index in [1.807, 2.05) is 0 Å². The van der Waals surface area contributed by atoms with Crippen molar-refractivity contribution in [3.05, 3.63) is 0 Å².